The molecule has 4 N–H and O–H groups in total. The van der Waals surface area contributed by atoms with Crippen molar-refractivity contribution in [2.75, 3.05) is 0 Å². The van der Waals surface area contributed by atoms with Crippen LogP contribution >= 0.6 is 0 Å². The van der Waals surface area contributed by atoms with Crippen molar-refractivity contribution in [3.8, 4) is 0 Å². The lowest BCUT2D eigenvalue weighted by molar-refractivity contribution is -0.111. The van der Waals surface area contributed by atoms with Crippen molar-refractivity contribution in [2.24, 2.45) is 5.73 Å². The third-order valence-electron chi connectivity index (χ3n) is 3.62. The maximum Gasteiger partial charge on any atom is 0.412 e. The first kappa shape index (κ1) is 23.5. The number of alkyl carbamates (subject to hydrolysis) is 1. The van der Waals surface area contributed by atoms with Crippen molar-refractivity contribution < 1.29 is 19.4 Å². The Morgan fingerprint density at radius 1 is 1.19 bits per heavy atom. The highest BCUT2D eigenvalue weighted by Gasteiger charge is 2.15. The Bertz CT molecular complexity index is 624. The van der Waals surface area contributed by atoms with Crippen molar-refractivity contribution in [1.29, 1.82) is 0 Å². The summed E-state index contributed by atoms with van der Waals surface area (Å²) in [6.07, 6.45) is 6.16. The maximum atomic E-state index is 12.0. The molecule has 0 aliphatic heterocycles. The molecule has 0 fully saturated rings. The number of aliphatic hydroxyl groups excluding tert-OH is 1. The third-order valence-corrected chi connectivity index (χ3v) is 3.62. The minimum Gasteiger partial charge on any atom is -0.505 e. The smallest absolute Gasteiger partial charge is 0.412 e. The van der Waals surface area contributed by atoms with Gasteiger partial charge in [0.25, 0.3) is 0 Å². The molecule has 0 saturated heterocycles. The Labute approximate surface area is 156 Å². The first-order chi connectivity index (χ1) is 12.1. The molecule has 0 spiro atoms. The van der Waals surface area contributed by atoms with Crippen molar-refractivity contribution in [2.45, 2.75) is 66.9 Å². The Morgan fingerprint density at radius 3 is 2.31 bits per heavy atom. The van der Waals surface area contributed by atoms with Crippen LogP contribution in [0.2, 0.25) is 0 Å². The van der Waals surface area contributed by atoms with E-state index in [2.05, 4.69) is 5.32 Å². The second kappa shape index (κ2) is 12.0. The van der Waals surface area contributed by atoms with E-state index >= 15 is 0 Å². The summed E-state index contributed by atoms with van der Waals surface area (Å²) in [5.74, 6) is -0.360. The minimum atomic E-state index is -0.688. The normalized spacial score (nSPS) is 15.2. The quantitative estimate of drug-likeness (QED) is 0.320. The van der Waals surface area contributed by atoms with E-state index < -0.39 is 6.09 Å². The Morgan fingerprint density at radius 2 is 1.81 bits per heavy atom. The fraction of sp³-hybridized carbons (Fsp3) is 0.500. The number of allylic oxidation sites excluding steroid dienone is 6. The van der Waals surface area contributed by atoms with E-state index in [1.807, 2.05) is 19.9 Å². The van der Waals surface area contributed by atoms with E-state index in [1.54, 1.807) is 27.7 Å². The molecule has 6 nitrogen and oxygen atoms in total. The molecule has 0 saturated carbocycles. The Hall–Kier alpha value is -2.50. The second-order valence-electron chi connectivity index (χ2n) is 6.21. The Kier molecular flexibility index (Phi) is 10.8. The first-order valence-electron chi connectivity index (χ1n) is 8.87. The number of nitrogens with one attached hydrogen (secondary N) is 1. The number of amides is 1. The van der Waals surface area contributed by atoms with Crippen LogP contribution in [0.25, 0.3) is 0 Å². The number of carbonyl (C=O) groups is 2. The molecule has 0 aromatic carbocycles. The van der Waals surface area contributed by atoms with Crippen molar-refractivity contribution in [3.63, 3.8) is 0 Å². The van der Waals surface area contributed by atoms with E-state index in [1.165, 1.54) is 12.2 Å². The molecule has 6 heteroatoms. The van der Waals surface area contributed by atoms with Crippen LogP contribution < -0.4 is 11.1 Å². The van der Waals surface area contributed by atoms with Crippen LogP contribution in [-0.4, -0.2) is 23.1 Å². The summed E-state index contributed by atoms with van der Waals surface area (Å²) in [5.41, 5.74) is 7.09. The summed E-state index contributed by atoms with van der Waals surface area (Å²) in [7, 11) is 0. The van der Waals surface area contributed by atoms with Gasteiger partial charge in [0.2, 0.25) is 0 Å². The van der Waals surface area contributed by atoms with Gasteiger partial charge >= 0.3 is 6.09 Å². The van der Waals surface area contributed by atoms with Gasteiger partial charge < -0.3 is 15.6 Å². The van der Waals surface area contributed by atoms with Crippen molar-refractivity contribution >= 4 is 11.9 Å². The zero-order valence-corrected chi connectivity index (χ0v) is 16.7. The summed E-state index contributed by atoms with van der Waals surface area (Å²) < 4.78 is 5.20. The number of ether oxygens (including phenoxy) is 1. The predicted octanol–water partition coefficient (Wildman–Crippen LogP) is 4.41. The van der Waals surface area contributed by atoms with Gasteiger partial charge in [-0.3, -0.25) is 10.1 Å². The highest BCUT2D eigenvalue weighted by Crippen LogP contribution is 2.14. The number of carbonyl (C=O) groups excluding carboxylic acids is 2. The van der Waals surface area contributed by atoms with E-state index in [0.29, 0.717) is 11.1 Å². The maximum absolute atomic E-state index is 12.0. The first-order valence-corrected chi connectivity index (χ1v) is 8.87. The topological polar surface area (TPSA) is 102 Å². The van der Waals surface area contributed by atoms with Crippen LogP contribution in [0.5, 0.6) is 0 Å². The highest BCUT2D eigenvalue weighted by molar-refractivity contribution is 6.03. The number of nitrogens with two attached hydrogens (primary N) is 1. The van der Waals surface area contributed by atoms with Crippen molar-refractivity contribution in [1.82, 2.24) is 5.32 Å². The average molecular weight is 364 g/mol. The molecule has 1 atom stereocenters. The molecule has 0 heterocycles. The molecule has 0 aliphatic rings. The molecule has 0 bridgehead atoms. The number of hydrogen-bond donors (Lipinski definition) is 3. The summed E-state index contributed by atoms with van der Waals surface area (Å²) in [5, 5.41) is 12.9. The van der Waals surface area contributed by atoms with E-state index in [-0.39, 0.29) is 29.0 Å². The van der Waals surface area contributed by atoms with Gasteiger partial charge in [0.15, 0.2) is 5.78 Å². The summed E-state index contributed by atoms with van der Waals surface area (Å²) in [4.78, 5) is 23.9. The van der Waals surface area contributed by atoms with Crippen LogP contribution in [0.15, 0.2) is 46.5 Å². The van der Waals surface area contributed by atoms with Gasteiger partial charge in [-0.2, -0.15) is 0 Å². The van der Waals surface area contributed by atoms with Gasteiger partial charge in [-0.1, -0.05) is 32.4 Å². The summed E-state index contributed by atoms with van der Waals surface area (Å²) in [6, 6.07) is 0. The zero-order chi connectivity index (χ0) is 20.3. The minimum absolute atomic E-state index is 0.0640. The van der Waals surface area contributed by atoms with Gasteiger partial charge in [0, 0.05) is 5.70 Å². The number of aliphatic hydroxyl groups is 1. The van der Waals surface area contributed by atoms with Crippen LogP contribution in [0.3, 0.4) is 0 Å². The number of hydrogen-bond acceptors (Lipinski definition) is 5. The van der Waals surface area contributed by atoms with Crippen LogP contribution in [0.4, 0.5) is 4.79 Å². The van der Waals surface area contributed by atoms with Gasteiger partial charge in [-0.25, -0.2) is 4.79 Å². The van der Waals surface area contributed by atoms with E-state index in [0.717, 1.165) is 19.3 Å². The standard InChI is InChI=1S/C20H32N2O4/c1-7-9-13(3)17(23)12-11-14(4)19(24)18(16(6)21)22-20(25)26-15(5)10-8-2/h9,11-12,15,24H,7-8,10,21H2,1-6H3,(H,22,25)/b12-11-,13-9+,18-16+,19-14+. The molecular weight excluding hydrogens is 332 g/mol. The molecule has 1 unspecified atom stereocenters. The SMILES string of the molecule is CC/C=C(\C)C(=O)\C=C/C(C)=C(O)\C(NC(=O)OC(C)CCC)=C(\C)N. The lowest BCUT2D eigenvalue weighted by atomic mass is 10.1. The average Bonchev–Trinajstić information content (AvgIpc) is 2.56. The second-order valence-corrected chi connectivity index (χ2v) is 6.21. The zero-order valence-electron chi connectivity index (χ0n) is 16.7. The number of rotatable bonds is 9. The molecule has 0 aromatic rings. The lowest BCUT2D eigenvalue weighted by Gasteiger charge is -2.16. The fourth-order valence-corrected chi connectivity index (χ4v) is 2.14. The van der Waals surface area contributed by atoms with Gasteiger partial charge in [0.1, 0.15) is 17.6 Å². The van der Waals surface area contributed by atoms with Crippen molar-refractivity contribution in [3.05, 3.63) is 46.5 Å². The molecular formula is C20H32N2O4. The lowest BCUT2D eigenvalue weighted by Crippen LogP contribution is -2.30. The summed E-state index contributed by atoms with van der Waals surface area (Å²) >= 11 is 0. The monoisotopic (exact) mass is 364 g/mol. The van der Waals surface area contributed by atoms with E-state index in [4.69, 9.17) is 10.5 Å². The fourth-order valence-electron chi connectivity index (χ4n) is 2.14. The molecule has 1 amide bonds. The predicted molar refractivity (Wildman–Crippen MR) is 104 cm³/mol. The third kappa shape index (κ3) is 8.55. The molecule has 146 valence electrons. The van der Waals surface area contributed by atoms with Gasteiger partial charge in [-0.15, -0.1) is 0 Å². The van der Waals surface area contributed by atoms with Gasteiger partial charge in [-0.05, 0) is 57.8 Å². The van der Waals surface area contributed by atoms with Crippen LogP contribution in [0.1, 0.15) is 60.8 Å². The van der Waals surface area contributed by atoms with Crippen LogP contribution in [0, 0.1) is 0 Å². The molecule has 0 radical (unpaired) electrons. The molecule has 0 rings (SSSR count). The van der Waals surface area contributed by atoms with Crippen LogP contribution in [-0.2, 0) is 9.53 Å². The molecule has 0 aliphatic carbocycles. The highest BCUT2D eigenvalue weighted by atomic mass is 16.6. The molecule has 26 heavy (non-hydrogen) atoms. The number of ketones is 1. The Balaban J connectivity index is 5.28. The largest absolute Gasteiger partial charge is 0.505 e. The summed E-state index contributed by atoms with van der Waals surface area (Å²) in [6.45, 7) is 10.6. The van der Waals surface area contributed by atoms with Gasteiger partial charge in [0.05, 0.1) is 0 Å². The van der Waals surface area contributed by atoms with E-state index in [9.17, 15) is 14.7 Å². The molecule has 0 aromatic heterocycles.